The van der Waals surface area contributed by atoms with Crippen LogP contribution >= 0.6 is 27.5 Å². The first-order valence-electron chi connectivity index (χ1n) is 3.64. The zero-order valence-electron chi connectivity index (χ0n) is 7.08. The summed E-state index contributed by atoms with van der Waals surface area (Å²) in [7, 11) is 0. The van der Waals surface area contributed by atoms with Gasteiger partial charge in [0, 0.05) is 11.5 Å². The van der Waals surface area contributed by atoms with Gasteiger partial charge in [-0.2, -0.15) is 0 Å². The van der Waals surface area contributed by atoms with Crippen molar-refractivity contribution in [2.45, 2.75) is 11.8 Å². The molecule has 0 unspecified atom stereocenters. The molecule has 1 heterocycles. The van der Waals surface area contributed by atoms with Crippen molar-refractivity contribution in [3.8, 4) is 0 Å². The number of nitrogens with zero attached hydrogens (tertiary/aromatic N) is 2. The summed E-state index contributed by atoms with van der Waals surface area (Å²) in [6, 6.07) is 0. The van der Waals surface area contributed by atoms with E-state index in [9.17, 15) is 18.9 Å². The summed E-state index contributed by atoms with van der Waals surface area (Å²) in [5.74, 6) is 0. The lowest BCUT2D eigenvalue weighted by atomic mass is 10.1. The maximum Gasteiger partial charge on any atom is 0.287 e. The third-order valence-corrected chi connectivity index (χ3v) is 2.57. The van der Waals surface area contributed by atoms with E-state index in [4.69, 9.17) is 11.6 Å². The van der Waals surface area contributed by atoms with E-state index in [1.54, 1.807) is 0 Å². The fraction of sp³-hybridized carbons (Fsp3) is 0.286. The lowest BCUT2D eigenvalue weighted by Crippen LogP contribution is -2.02. The summed E-state index contributed by atoms with van der Waals surface area (Å²) in [6.45, 7) is 0. The van der Waals surface area contributed by atoms with Crippen LogP contribution in [0.25, 0.3) is 0 Å². The molecule has 0 aromatic carbocycles. The number of pyridine rings is 1. The van der Waals surface area contributed by atoms with E-state index < -0.39 is 27.8 Å². The lowest BCUT2D eigenvalue weighted by Gasteiger charge is -2.06. The minimum Gasteiger partial charge on any atom is -0.258 e. The number of rotatable bonds is 3. The quantitative estimate of drug-likeness (QED) is 0.372. The van der Waals surface area contributed by atoms with Gasteiger partial charge in [0.15, 0.2) is 0 Å². The van der Waals surface area contributed by atoms with E-state index in [1.165, 1.54) is 0 Å². The molecule has 0 radical (unpaired) electrons. The molecular weight excluding hydrogens is 297 g/mol. The van der Waals surface area contributed by atoms with Crippen molar-refractivity contribution < 1.29 is 13.7 Å². The van der Waals surface area contributed by atoms with E-state index in [0.717, 1.165) is 6.20 Å². The number of aromatic nitrogens is 1. The van der Waals surface area contributed by atoms with E-state index >= 15 is 0 Å². The number of halogens is 4. The molecule has 0 atom stereocenters. The molecule has 0 aliphatic heterocycles. The van der Waals surface area contributed by atoms with Crippen LogP contribution in [-0.4, -0.2) is 9.91 Å². The molecule has 0 spiro atoms. The molecule has 0 saturated carbocycles. The molecule has 15 heavy (non-hydrogen) atoms. The molecule has 1 aromatic heterocycles. The highest BCUT2D eigenvalue weighted by atomic mass is 79.9. The Balaban J connectivity index is 3.51. The standard InChI is InChI=1S/C7H4BrClF2N2O2/c8-1-3-2-12-6(9)4(7(10)11)5(3)13(14)15/h2,7H,1H2. The van der Waals surface area contributed by atoms with Crippen molar-refractivity contribution in [1.82, 2.24) is 4.98 Å². The number of alkyl halides is 3. The summed E-state index contributed by atoms with van der Waals surface area (Å²) in [5, 5.41) is 10.1. The Morgan fingerprint density at radius 1 is 1.67 bits per heavy atom. The average molecular weight is 301 g/mol. The Morgan fingerprint density at radius 2 is 2.27 bits per heavy atom. The molecule has 4 nitrogen and oxygen atoms in total. The van der Waals surface area contributed by atoms with Gasteiger partial charge in [0.05, 0.1) is 10.5 Å². The van der Waals surface area contributed by atoms with Gasteiger partial charge in [0.2, 0.25) is 0 Å². The highest BCUT2D eigenvalue weighted by Crippen LogP contribution is 2.36. The van der Waals surface area contributed by atoms with E-state index in [1.807, 2.05) is 0 Å². The smallest absolute Gasteiger partial charge is 0.258 e. The summed E-state index contributed by atoms with van der Waals surface area (Å²) in [6.07, 6.45) is -1.93. The molecule has 0 aliphatic carbocycles. The van der Waals surface area contributed by atoms with E-state index in [0.29, 0.717) is 0 Å². The Bertz CT molecular complexity index is 403. The molecule has 0 aliphatic rings. The number of nitro groups is 1. The van der Waals surface area contributed by atoms with Gasteiger partial charge < -0.3 is 0 Å². The predicted molar refractivity (Wildman–Crippen MR) is 53.5 cm³/mol. The van der Waals surface area contributed by atoms with Gasteiger partial charge in [-0.1, -0.05) is 27.5 Å². The third kappa shape index (κ3) is 2.40. The van der Waals surface area contributed by atoms with Gasteiger partial charge in [-0.05, 0) is 0 Å². The normalized spacial score (nSPS) is 10.7. The van der Waals surface area contributed by atoms with Crippen molar-refractivity contribution in [2.24, 2.45) is 0 Å². The number of hydrogen-bond acceptors (Lipinski definition) is 3. The van der Waals surface area contributed by atoms with Crippen LogP contribution in [0, 0.1) is 10.1 Å². The van der Waals surface area contributed by atoms with Crippen LogP contribution in [0.1, 0.15) is 17.6 Å². The van der Waals surface area contributed by atoms with Gasteiger partial charge in [-0.25, -0.2) is 13.8 Å². The van der Waals surface area contributed by atoms with Crippen molar-refractivity contribution in [3.63, 3.8) is 0 Å². The van der Waals surface area contributed by atoms with E-state index in [-0.39, 0.29) is 10.9 Å². The van der Waals surface area contributed by atoms with Crippen LogP contribution in [0.5, 0.6) is 0 Å². The second-order valence-corrected chi connectivity index (χ2v) is 3.45. The lowest BCUT2D eigenvalue weighted by molar-refractivity contribution is -0.386. The number of hydrogen-bond donors (Lipinski definition) is 0. The van der Waals surface area contributed by atoms with Crippen LogP contribution < -0.4 is 0 Å². The molecule has 0 bridgehead atoms. The highest BCUT2D eigenvalue weighted by Gasteiger charge is 2.29. The van der Waals surface area contributed by atoms with Gasteiger partial charge in [0.1, 0.15) is 10.7 Å². The predicted octanol–water partition coefficient (Wildman–Crippen LogP) is 3.48. The van der Waals surface area contributed by atoms with Gasteiger partial charge in [0.25, 0.3) is 12.1 Å². The zero-order valence-corrected chi connectivity index (χ0v) is 9.43. The minimum absolute atomic E-state index is 0.0627. The fourth-order valence-corrected chi connectivity index (χ4v) is 1.67. The Labute approximate surface area is 96.5 Å². The molecule has 0 fully saturated rings. The summed E-state index contributed by atoms with van der Waals surface area (Å²) in [4.78, 5) is 13.2. The van der Waals surface area contributed by atoms with Gasteiger partial charge in [-0.3, -0.25) is 10.1 Å². The second-order valence-electron chi connectivity index (χ2n) is 2.53. The maximum absolute atomic E-state index is 12.5. The third-order valence-electron chi connectivity index (χ3n) is 1.66. The molecule has 1 rings (SSSR count). The maximum atomic E-state index is 12.5. The van der Waals surface area contributed by atoms with Crippen LogP contribution in [0.4, 0.5) is 14.5 Å². The molecule has 82 valence electrons. The van der Waals surface area contributed by atoms with Crippen LogP contribution in [0.3, 0.4) is 0 Å². The Hall–Kier alpha value is -0.820. The monoisotopic (exact) mass is 300 g/mol. The van der Waals surface area contributed by atoms with Gasteiger partial charge >= 0.3 is 0 Å². The molecule has 1 aromatic rings. The van der Waals surface area contributed by atoms with Crippen molar-refractivity contribution in [2.75, 3.05) is 0 Å². The molecule has 0 amide bonds. The molecule has 0 N–H and O–H groups in total. The fourth-order valence-electron chi connectivity index (χ4n) is 1.04. The zero-order chi connectivity index (χ0) is 11.6. The Morgan fingerprint density at radius 3 is 2.67 bits per heavy atom. The summed E-state index contributed by atoms with van der Waals surface area (Å²) < 4.78 is 25.0. The first-order valence-corrected chi connectivity index (χ1v) is 5.14. The topological polar surface area (TPSA) is 56.0 Å². The van der Waals surface area contributed by atoms with Crippen LogP contribution in [-0.2, 0) is 5.33 Å². The average Bonchev–Trinajstić information content (AvgIpc) is 2.16. The van der Waals surface area contributed by atoms with Gasteiger partial charge in [-0.15, -0.1) is 0 Å². The summed E-state index contributed by atoms with van der Waals surface area (Å²) in [5.41, 5.74) is -1.44. The highest BCUT2D eigenvalue weighted by molar-refractivity contribution is 9.08. The van der Waals surface area contributed by atoms with Crippen LogP contribution in [0.15, 0.2) is 6.20 Å². The van der Waals surface area contributed by atoms with Crippen LogP contribution in [0.2, 0.25) is 5.15 Å². The largest absolute Gasteiger partial charge is 0.287 e. The SMILES string of the molecule is O=[N+]([O-])c1c(CBr)cnc(Cl)c1C(F)F. The van der Waals surface area contributed by atoms with E-state index in [2.05, 4.69) is 20.9 Å². The molecule has 0 saturated heterocycles. The summed E-state index contributed by atoms with van der Waals surface area (Å²) >= 11 is 8.34. The first-order chi connectivity index (χ1) is 6.99. The molecular formula is C7H4BrClF2N2O2. The molecule has 8 heteroatoms. The minimum atomic E-state index is -3.02. The Kier molecular flexibility index (Phi) is 3.92. The van der Waals surface area contributed by atoms with Crippen molar-refractivity contribution >= 4 is 33.2 Å². The first kappa shape index (κ1) is 12.3. The van der Waals surface area contributed by atoms with Crippen molar-refractivity contribution in [3.05, 3.63) is 32.6 Å². The second kappa shape index (κ2) is 4.80. The van der Waals surface area contributed by atoms with Crippen molar-refractivity contribution in [1.29, 1.82) is 0 Å².